The van der Waals surface area contributed by atoms with E-state index in [1.54, 1.807) is 0 Å². The zero-order valence-corrected chi connectivity index (χ0v) is 6.92. The van der Waals surface area contributed by atoms with E-state index < -0.39 is 23.6 Å². The summed E-state index contributed by atoms with van der Waals surface area (Å²) in [7, 11) is 0. The first-order valence-corrected chi connectivity index (χ1v) is 4.69. The standard InChI is InChI=1S/C6H12O4S/c7-5-3-1-2-4-6(5)10-11(8)9/h5-7H,1-4H2,(H,8,9)/t5-,6+/m1/s1. The van der Waals surface area contributed by atoms with Gasteiger partial charge < -0.3 is 5.11 Å². The zero-order chi connectivity index (χ0) is 8.27. The van der Waals surface area contributed by atoms with Crippen LogP contribution in [0.5, 0.6) is 0 Å². The molecule has 1 aliphatic carbocycles. The molecule has 1 rings (SSSR count). The van der Waals surface area contributed by atoms with Crippen LogP contribution in [0.2, 0.25) is 0 Å². The zero-order valence-electron chi connectivity index (χ0n) is 6.10. The summed E-state index contributed by atoms with van der Waals surface area (Å²) in [6.07, 6.45) is 2.25. The molecule has 0 aromatic rings. The number of aliphatic hydroxyl groups excluding tert-OH is 1. The Hall–Kier alpha value is 0.0300. The van der Waals surface area contributed by atoms with Gasteiger partial charge >= 0.3 is 11.4 Å². The predicted octanol–water partition coefficient (Wildman–Crippen LogP) is 0.443. The summed E-state index contributed by atoms with van der Waals surface area (Å²) in [5, 5.41) is 9.25. The summed E-state index contributed by atoms with van der Waals surface area (Å²) in [6.45, 7) is 0. The molecule has 0 bridgehead atoms. The van der Waals surface area contributed by atoms with Crippen LogP contribution in [0.15, 0.2) is 0 Å². The third kappa shape index (κ3) is 2.86. The number of hydrogen-bond donors (Lipinski definition) is 2. The second-order valence-corrected chi connectivity index (χ2v) is 3.33. The van der Waals surface area contributed by atoms with Gasteiger partial charge in [0.2, 0.25) is 0 Å². The van der Waals surface area contributed by atoms with Crippen LogP contribution in [-0.2, 0) is 15.5 Å². The Morgan fingerprint density at radius 2 is 2.00 bits per heavy atom. The first kappa shape index (κ1) is 9.12. The molecule has 11 heavy (non-hydrogen) atoms. The van der Waals surface area contributed by atoms with E-state index >= 15 is 0 Å². The number of rotatable bonds is 2. The van der Waals surface area contributed by atoms with Gasteiger partial charge in [-0.05, 0) is 12.8 Å². The molecule has 1 saturated carbocycles. The van der Waals surface area contributed by atoms with Gasteiger partial charge in [0.05, 0.1) is 6.10 Å². The van der Waals surface area contributed by atoms with Crippen molar-refractivity contribution in [3.63, 3.8) is 0 Å². The summed E-state index contributed by atoms with van der Waals surface area (Å²) in [6, 6.07) is 0. The molecule has 3 atom stereocenters. The van der Waals surface area contributed by atoms with Crippen LogP contribution in [0.25, 0.3) is 0 Å². The van der Waals surface area contributed by atoms with Gasteiger partial charge in [0.1, 0.15) is 6.10 Å². The Kier molecular flexibility index (Phi) is 3.45. The van der Waals surface area contributed by atoms with Crippen molar-refractivity contribution in [3.8, 4) is 0 Å². The van der Waals surface area contributed by atoms with Crippen LogP contribution in [0, 0.1) is 0 Å². The van der Waals surface area contributed by atoms with E-state index in [9.17, 15) is 9.32 Å². The van der Waals surface area contributed by atoms with Gasteiger partial charge in [-0.25, -0.2) is 0 Å². The molecule has 1 unspecified atom stereocenters. The molecule has 0 radical (unpaired) electrons. The minimum atomic E-state index is -2.24. The Morgan fingerprint density at radius 1 is 1.36 bits per heavy atom. The van der Waals surface area contributed by atoms with Crippen molar-refractivity contribution in [2.24, 2.45) is 0 Å². The van der Waals surface area contributed by atoms with Crippen molar-refractivity contribution >= 4 is 11.4 Å². The summed E-state index contributed by atoms with van der Waals surface area (Å²) in [4.78, 5) is 0. The van der Waals surface area contributed by atoms with E-state index in [4.69, 9.17) is 4.55 Å². The van der Waals surface area contributed by atoms with Crippen LogP contribution in [0.3, 0.4) is 0 Å². The lowest BCUT2D eigenvalue weighted by molar-refractivity contribution is 0.00958. The molecule has 0 heterocycles. The van der Waals surface area contributed by atoms with Gasteiger partial charge in [-0.15, -0.1) is 0 Å². The highest BCUT2D eigenvalue weighted by Crippen LogP contribution is 2.21. The molecule has 1 fully saturated rings. The highest BCUT2D eigenvalue weighted by atomic mass is 32.2. The molecular formula is C6H12O4S. The van der Waals surface area contributed by atoms with Gasteiger partial charge in [0.25, 0.3) is 0 Å². The first-order chi connectivity index (χ1) is 5.20. The van der Waals surface area contributed by atoms with Gasteiger partial charge in [-0.3, -0.25) is 8.74 Å². The lowest BCUT2D eigenvalue weighted by atomic mass is 9.95. The van der Waals surface area contributed by atoms with E-state index in [-0.39, 0.29) is 0 Å². The van der Waals surface area contributed by atoms with Gasteiger partial charge in [-0.2, -0.15) is 4.21 Å². The summed E-state index contributed by atoms with van der Waals surface area (Å²) < 4.78 is 23.1. The third-order valence-electron chi connectivity index (χ3n) is 1.87. The molecule has 2 N–H and O–H groups in total. The van der Waals surface area contributed by atoms with Crippen molar-refractivity contribution < 1.29 is 18.1 Å². The lowest BCUT2D eigenvalue weighted by Gasteiger charge is -2.25. The lowest BCUT2D eigenvalue weighted by Crippen LogP contribution is -2.32. The second-order valence-electron chi connectivity index (χ2n) is 2.70. The topological polar surface area (TPSA) is 66.8 Å². The van der Waals surface area contributed by atoms with Crippen LogP contribution in [-0.4, -0.2) is 26.1 Å². The van der Waals surface area contributed by atoms with E-state index in [2.05, 4.69) is 4.18 Å². The van der Waals surface area contributed by atoms with E-state index in [1.807, 2.05) is 0 Å². The highest BCUT2D eigenvalue weighted by Gasteiger charge is 2.25. The largest absolute Gasteiger partial charge is 0.390 e. The Labute approximate surface area is 68.1 Å². The molecule has 66 valence electrons. The third-order valence-corrected chi connectivity index (χ3v) is 2.29. The van der Waals surface area contributed by atoms with Crippen molar-refractivity contribution in [3.05, 3.63) is 0 Å². The normalized spacial score (nSPS) is 35.1. The quantitative estimate of drug-likeness (QED) is 0.605. The van der Waals surface area contributed by atoms with E-state index in [1.165, 1.54) is 0 Å². The molecule has 0 aromatic carbocycles. The fourth-order valence-electron chi connectivity index (χ4n) is 1.30. The minimum Gasteiger partial charge on any atom is -0.390 e. The van der Waals surface area contributed by atoms with Crippen molar-refractivity contribution in [2.75, 3.05) is 0 Å². The van der Waals surface area contributed by atoms with Gasteiger partial charge in [0.15, 0.2) is 0 Å². The molecular weight excluding hydrogens is 168 g/mol. The highest BCUT2D eigenvalue weighted by molar-refractivity contribution is 7.74. The summed E-state index contributed by atoms with van der Waals surface area (Å²) >= 11 is -2.24. The molecule has 0 spiro atoms. The molecule has 1 aliphatic rings. The second kappa shape index (κ2) is 4.15. The van der Waals surface area contributed by atoms with Crippen LogP contribution >= 0.6 is 0 Å². The summed E-state index contributed by atoms with van der Waals surface area (Å²) in [5.74, 6) is 0. The van der Waals surface area contributed by atoms with Gasteiger partial charge in [-0.1, -0.05) is 12.8 Å². The SMILES string of the molecule is O=S(O)O[C@H]1CCCC[C@H]1O. The van der Waals surface area contributed by atoms with Crippen molar-refractivity contribution in [2.45, 2.75) is 37.9 Å². The van der Waals surface area contributed by atoms with Crippen molar-refractivity contribution in [1.82, 2.24) is 0 Å². The molecule has 5 heteroatoms. The molecule has 0 saturated heterocycles. The monoisotopic (exact) mass is 180 g/mol. The Balaban J connectivity index is 2.35. The molecule has 0 amide bonds. The Morgan fingerprint density at radius 3 is 2.55 bits per heavy atom. The minimum absolute atomic E-state index is 0.449. The van der Waals surface area contributed by atoms with E-state index in [0.29, 0.717) is 12.8 Å². The molecule has 0 aliphatic heterocycles. The average Bonchev–Trinajstić information content (AvgIpc) is 1.93. The summed E-state index contributed by atoms with van der Waals surface area (Å²) in [5.41, 5.74) is 0. The van der Waals surface area contributed by atoms with Crippen LogP contribution < -0.4 is 0 Å². The molecule has 4 nitrogen and oxygen atoms in total. The number of hydrogen-bond acceptors (Lipinski definition) is 3. The first-order valence-electron chi connectivity index (χ1n) is 3.66. The maximum absolute atomic E-state index is 10.2. The maximum Gasteiger partial charge on any atom is 0.302 e. The van der Waals surface area contributed by atoms with Gasteiger partial charge in [0, 0.05) is 0 Å². The predicted molar refractivity (Wildman–Crippen MR) is 40.1 cm³/mol. The van der Waals surface area contributed by atoms with Crippen LogP contribution in [0.1, 0.15) is 25.7 Å². The smallest absolute Gasteiger partial charge is 0.302 e. The maximum atomic E-state index is 10.2. The van der Waals surface area contributed by atoms with Crippen LogP contribution in [0.4, 0.5) is 0 Å². The molecule has 0 aromatic heterocycles. The van der Waals surface area contributed by atoms with Crippen molar-refractivity contribution in [1.29, 1.82) is 0 Å². The fourth-order valence-corrected chi connectivity index (χ4v) is 1.73. The van der Waals surface area contributed by atoms with E-state index in [0.717, 1.165) is 12.8 Å². The Bertz CT molecular complexity index is 150. The fraction of sp³-hybridized carbons (Fsp3) is 1.00. The average molecular weight is 180 g/mol. The number of aliphatic hydroxyl groups is 1.